The van der Waals surface area contributed by atoms with E-state index in [2.05, 4.69) is 5.32 Å². The van der Waals surface area contributed by atoms with Crippen molar-refractivity contribution in [2.75, 3.05) is 23.1 Å². The van der Waals surface area contributed by atoms with Gasteiger partial charge in [-0.05, 0) is 66.2 Å². The van der Waals surface area contributed by atoms with Crippen LogP contribution in [-0.2, 0) is 4.79 Å². The van der Waals surface area contributed by atoms with Crippen LogP contribution in [0.1, 0.15) is 21.3 Å². The monoisotopic (exact) mass is 422 g/mol. The molecule has 1 aliphatic rings. The van der Waals surface area contributed by atoms with Crippen LogP contribution in [0.15, 0.2) is 72.8 Å². The van der Waals surface area contributed by atoms with Crippen LogP contribution < -0.4 is 15.0 Å². The Kier molecular flexibility index (Phi) is 5.72. The first-order valence-electron chi connectivity index (χ1n) is 9.30. The van der Waals surface area contributed by atoms with E-state index in [9.17, 15) is 14.0 Å². The Hall–Kier alpha value is -3.32. The number of halogens is 1. The highest BCUT2D eigenvalue weighted by Gasteiger charge is 2.34. The standard InChI is InChI=1S/C23H19FN2O3S/c1-29-20-12-10-19(11-13-20)26-21(27)14-30-23(26)16-4-8-18(9-5-16)25-22(28)15-2-6-17(24)7-3-15/h2-13,23H,14H2,1H3,(H,25,28)/t23-/m1/s1. The average Bonchev–Trinajstić information content (AvgIpc) is 3.16. The summed E-state index contributed by atoms with van der Waals surface area (Å²) in [6.07, 6.45) is 0. The maximum atomic E-state index is 13.0. The fraction of sp³-hybridized carbons (Fsp3) is 0.130. The SMILES string of the molecule is COc1ccc(N2C(=O)CS[C@@H]2c2ccc(NC(=O)c3ccc(F)cc3)cc2)cc1. The van der Waals surface area contributed by atoms with Crippen molar-refractivity contribution in [1.29, 1.82) is 0 Å². The van der Waals surface area contributed by atoms with E-state index in [4.69, 9.17) is 4.74 Å². The van der Waals surface area contributed by atoms with Gasteiger partial charge in [0, 0.05) is 16.9 Å². The molecule has 0 spiro atoms. The van der Waals surface area contributed by atoms with Crippen LogP contribution in [0, 0.1) is 5.82 Å². The quantitative estimate of drug-likeness (QED) is 0.638. The molecular weight excluding hydrogens is 403 g/mol. The molecule has 2 amide bonds. The highest BCUT2D eigenvalue weighted by molar-refractivity contribution is 8.00. The summed E-state index contributed by atoms with van der Waals surface area (Å²) in [7, 11) is 1.60. The number of carbonyl (C=O) groups is 2. The summed E-state index contributed by atoms with van der Waals surface area (Å²) in [5, 5.41) is 2.65. The molecule has 3 aromatic rings. The van der Waals surface area contributed by atoms with Crippen LogP contribution >= 0.6 is 11.8 Å². The zero-order valence-electron chi connectivity index (χ0n) is 16.2. The van der Waals surface area contributed by atoms with E-state index in [0.717, 1.165) is 17.0 Å². The van der Waals surface area contributed by atoms with Crippen molar-refractivity contribution in [3.05, 3.63) is 89.7 Å². The fourth-order valence-electron chi connectivity index (χ4n) is 3.23. The Bertz CT molecular complexity index is 1050. The largest absolute Gasteiger partial charge is 0.497 e. The molecule has 0 radical (unpaired) electrons. The number of nitrogens with one attached hydrogen (secondary N) is 1. The second-order valence-corrected chi connectivity index (χ2v) is 7.78. The predicted octanol–water partition coefficient (Wildman–Crippen LogP) is 4.87. The number of hydrogen-bond donors (Lipinski definition) is 1. The third kappa shape index (κ3) is 4.16. The number of nitrogens with zero attached hydrogens (tertiary/aromatic N) is 1. The molecule has 1 saturated heterocycles. The Labute approximate surface area is 177 Å². The van der Waals surface area contributed by atoms with E-state index in [-0.39, 0.29) is 23.0 Å². The number of anilines is 2. The molecule has 0 aliphatic carbocycles. The topological polar surface area (TPSA) is 58.6 Å². The van der Waals surface area contributed by atoms with Crippen molar-refractivity contribution >= 4 is 35.0 Å². The van der Waals surface area contributed by atoms with Crippen LogP contribution in [0.25, 0.3) is 0 Å². The first-order chi connectivity index (χ1) is 14.5. The predicted molar refractivity (Wildman–Crippen MR) is 116 cm³/mol. The summed E-state index contributed by atoms with van der Waals surface area (Å²) in [6.45, 7) is 0. The second kappa shape index (κ2) is 8.59. The molecule has 0 saturated carbocycles. The summed E-state index contributed by atoms with van der Waals surface area (Å²) >= 11 is 1.56. The Morgan fingerprint density at radius 1 is 1.03 bits per heavy atom. The smallest absolute Gasteiger partial charge is 0.255 e. The zero-order chi connectivity index (χ0) is 21.1. The van der Waals surface area contributed by atoms with Crippen LogP contribution in [-0.4, -0.2) is 24.7 Å². The van der Waals surface area contributed by atoms with Crippen molar-refractivity contribution in [1.82, 2.24) is 0 Å². The first kappa shape index (κ1) is 20.0. The second-order valence-electron chi connectivity index (χ2n) is 6.71. The summed E-state index contributed by atoms with van der Waals surface area (Å²) in [5.74, 6) is 0.480. The van der Waals surface area contributed by atoms with E-state index in [1.54, 1.807) is 35.9 Å². The molecule has 4 rings (SSSR count). The van der Waals surface area contributed by atoms with Gasteiger partial charge >= 0.3 is 0 Å². The molecule has 3 aromatic carbocycles. The number of amides is 2. The van der Waals surface area contributed by atoms with Crippen molar-refractivity contribution in [3.8, 4) is 5.75 Å². The van der Waals surface area contributed by atoms with Crippen LogP contribution in [0.4, 0.5) is 15.8 Å². The van der Waals surface area contributed by atoms with Gasteiger partial charge in [0.15, 0.2) is 0 Å². The summed E-state index contributed by atoms with van der Waals surface area (Å²) in [6, 6.07) is 20.2. The molecule has 1 atom stereocenters. The number of thioether (sulfide) groups is 1. The van der Waals surface area contributed by atoms with Crippen molar-refractivity contribution in [3.63, 3.8) is 0 Å². The van der Waals surface area contributed by atoms with E-state index in [1.165, 1.54) is 24.3 Å². The minimum absolute atomic E-state index is 0.0452. The number of ether oxygens (including phenoxy) is 1. The molecular formula is C23H19FN2O3S. The van der Waals surface area contributed by atoms with Gasteiger partial charge in [0.25, 0.3) is 5.91 Å². The molecule has 1 fully saturated rings. The van der Waals surface area contributed by atoms with Gasteiger partial charge in [-0.2, -0.15) is 0 Å². The normalized spacial score (nSPS) is 15.9. The highest BCUT2D eigenvalue weighted by Crippen LogP contribution is 2.42. The molecule has 1 heterocycles. The summed E-state index contributed by atoms with van der Waals surface area (Å²) < 4.78 is 18.2. The third-order valence-electron chi connectivity index (χ3n) is 4.78. The third-order valence-corrected chi connectivity index (χ3v) is 5.99. The Morgan fingerprint density at radius 3 is 2.33 bits per heavy atom. The molecule has 1 N–H and O–H groups in total. The molecule has 7 heteroatoms. The van der Waals surface area contributed by atoms with E-state index in [1.807, 2.05) is 36.4 Å². The van der Waals surface area contributed by atoms with Crippen molar-refractivity contribution < 1.29 is 18.7 Å². The Balaban J connectivity index is 1.50. The maximum Gasteiger partial charge on any atom is 0.255 e. The van der Waals surface area contributed by atoms with Gasteiger partial charge in [-0.15, -0.1) is 11.8 Å². The minimum atomic E-state index is -0.388. The number of benzene rings is 3. The van der Waals surface area contributed by atoms with Crippen molar-refractivity contribution in [2.45, 2.75) is 5.37 Å². The maximum absolute atomic E-state index is 13.0. The van der Waals surface area contributed by atoms with E-state index >= 15 is 0 Å². The van der Waals surface area contributed by atoms with Gasteiger partial charge in [-0.25, -0.2) is 4.39 Å². The van der Waals surface area contributed by atoms with Gasteiger partial charge in [0.05, 0.1) is 12.9 Å². The fourth-order valence-corrected chi connectivity index (χ4v) is 4.41. The van der Waals surface area contributed by atoms with Crippen LogP contribution in [0.5, 0.6) is 5.75 Å². The van der Waals surface area contributed by atoms with E-state index in [0.29, 0.717) is 17.0 Å². The zero-order valence-corrected chi connectivity index (χ0v) is 17.0. The lowest BCUT2D eigenvalue weighted by Gasteiger charge is -2.24. The first-order valence-corrected chi connectivity index (χ1v) is 10.3. The summed E-state index contributed by atoms with van der Waals surface area (Å²) in [4.78, 5) is 26.6. The Morgan fingerprint density at radius 2 is 1.70 bits per heavy atom. The molecule has 1 aliphatic heterocycles. The highest BCUT2D eigenvalue weighted by atomic mass is 32.2. The average molecular weight is 422 g/mol. The van der Waals surface area contributed by atoms with Gasteiger partial charge in [-0.1, -0.05) is 12.1 Å². The molecule has 5 nitrogen and oxygen atoms in total. The van der Waals surface area contributed by atoms with Crippen molar-refractivity contribution in [2.24, 2.45) is 0 Å². The molecule has 0 unspecified atom stereocenters. The van der Waals surface area contributed by atoms with E-state index < -0.39 is 0 Å². The van der Waals surface area contributed by atoms with Crippen LogP contribution in [0.3, 0.4) is 0 Å². The van der Waals surface area contributed by atoms with Gasteiger partial charge < -0.3 is 10.1 Å². The molecule has 0 bridgehead atoms. The lowest BCUT2D eigenvalue weighted by Crippen LogP contribution is -2.27. The number of rotatable bonds is 5. The van der Waals surface area contributed by atoms with Gasteiger partial charge in [-0.3, -0.25) is 14.5 Å². The number of methoxy groups -OCH3 is 1. The molecule has 0 aromatic heterocycles. The lowest BCUT2D eigenvalue weighted by atomic mass is 10.1. The number of carbonyl (C=O) groups excluding carboxylic acids is 2. The molecule has 30 heavy (non-hydrogen) atoms. The number of hydrogen-bond acceptors (Lipinski definition) is 4. The summed E-state index contributed by atoms with van der Waals surface area (Å²) in [5.41, 5.74) is 2.77. The lowest BCUT2D eigenvalue weighted by molar-refractivity contribution is -0.115. The van der Waals surface area contributed by atoms with Gasteiger partial charge in [0.1, 0.15) is 16.9 Å². The molecule has 152 valence electrons. The minimum Gasteiger partial charge on any atom is -0.497 e. The van der Waals surface area contributed by atoms with Crippen LogP contribution in [0.2, 0.25) is 0 Å². The van der Waals surface area contributed by atoms with Gasteiger partial charge in [0.2, 0.25) is 5.91 Å².